The molecule has 0 aliphatic carbocycles. The van der Waals surface area contributed by atoms with Crippen molar-refractivity contribution in [1.82, 2.24) is 9.80 Å². The largest absolute Gasteiger partial charge is 0.374 e. The van der Waals surface area contributed by atoms with Gasteiger partial charge in [0.2, 0.25) is 17.4 Å². The number of Topliss-reactive ketones (excluding diaryl/α,β-unsaturated/α-hetero) is 1. The minimum atomic E-state index is -1.96. The lowest BCUT2D eigenvalue weighted by molar-refractivity contribution is -0.208. The number of ketones is 1. The van der Waals surface area contributed by atoms with Crippen LogP contribution in [0.4, 0.5) is 0 Å². The van der Waals surface area contributed by atoms with Gasteiger partial charge in [-0.3, -0.25) is 29.0 Å². The quantitative estimate of drug-likeness (QED) is 0.533. The molecule has 5 atom stereocenters. The molecule has 140 valence electrons. The second-order valence-corrected chi connectivity index (χ2v) is 7.55. The molecule has 2 bridgehead atoms. The van der Waals surface area contributed by atoms with Crippen LogP contribution in [-0.4, -0.2) is 64.9 Å². The third-order valence-corrected chi connectivity index (χ3v) is 6.34. The van der Waals surface area contributed by atoms with E-state index in [-0.39, 0.29) is 13.2 Å². The van der Waals surface area contributed by atoms with E-state index in [2.05, 4.69) is 0 Å². The lowest BCUT2D eigenvalue weighted by atomic mass is 9.71. The highest BCUT2D eigenvalue weighted by atomic mass is 16.6. The zero-order valence-electron chi connectivity index (χ0n) is 14.9. The van der Waals surface area contributed by atoms with Crippen molar-refractivity contribution in [3.05, 3.63) is 35.9 Å². The van der Waals surface area contributed by atoms with E-state index in [4.69, 9.17) is 9.47 Å². The molecule has 4 aliphatic rings. The van der Waals surface area contributed by atoms with E-state index in [1.807, 2.05) is 30.3 Å². The molecular weight excluding hydrogens is 352 g/mol. The molecule has 27 heavy (non-hydrogen) atoms. The Morgan fingerprint density at radius 2 is 1.78 bits per heavy atom. The molecule has 0 saturated carbocycles. The molecule has 1 aromatic rings. The fourth-order valence-electron chi connectivity index (χ4n) is 5.15. The molecular formula is C19H18N2O6. The second kappa shape index (κ2) is 5.02. The molecule has 3 amide bonds. The predicted molar refractivity (Wildman–Crippen MR) is 88.8 cm³/mol. The summed E-state index contributed by atoms with van der Waals surface area (Å²) in [5.74, 6) is -4.17. The molecule has 0 unspecified atom stereocenters. The molecule has 8 heteroatoms. The molecule has 1 aromatic carbocycles. The van der Waals surface area contributed by atoms with E-state index in [0.717, 1.165) is 10.5 Å². The van der Waals surface area contributed by atoms with Gasteiger partial charge in [0.25, 0.3) is 5.91 Å². The molecule has 0 N–H and O–H groups in total. The van der Waals surface area contributed by atoms with Crippen LogP contribution in [0.25, 0.3) is 0 Å². The molecule has 4 fully saturated rings. The van der Waals surface area contributed by atoms with Gasteiger partial charge in [-0.1, -0.05) is 30.3 Å². The summed E-state index contributed by atoms with van der Waals surface area (Å²) in [4.78, 5) is 54.2. The number of morpholine rings is 1. The Labute approximate surface area is 155 Å². The van der Waals surface area contributed by atoms with Crippen LogP contribution in [-0.2, 0) is 28.7 Å². The average molecular weight is 370 g/mol. The van der Waals surface area contributed by atoms with Gasteiger partial charge < -0.3 is 9.47 Å². The number of amides is 3. The number of hydrogen-bond acceptors (Lipinski definition) is 6. The Morgan fingerprint density at radius 1 is 1.11 bits per heavy atom. The van der Waals surface area contributed by atoms with Crippen LogP contribution < -0.4 is 0 Å². The minimum Gasteiger partial charge on any atom is -0.374 e. The monoisotopic (exact) mass is 370 g/mol. The Balaban J connectivity index is 1.72. The van der Waals surface area contributed by atoms with Crippen LogP contribution in [0.1, 0.15) is 18.5 Å². The maximum atomic E-state index is 13.5. The van der Waals surface area contributed by atoms with Crippen molar-refractivity contribution >= 4 is 23.5 Å². The van der Waals surface area contributed by atoms with Crippen molar-refractivity contribution < 1.29 is 28.7 Å². The van der Waals surface area contributed by atoms with Gasteiger partial charge >= 0.3 is 0 Å². The first-order valence-corrected chi connectivity index (χ1v) is 8.85. The van der Waals surface area contributed by atoms with Crippen molar-refractivity contribution in [2.24, 2.45) is 11.8 Å². The summed E-state index contributed by atoms with van der Waals surface area (Å²) in [6.07, 6.45) is 0. The van der Waals surface area contributed by atoms with Crippen LogP contribution >= 0.6 is 0 Å². The van der Waals surface area contributed by atoms with E-state index in [1.54, 1.807) is 0 Å². The van der Waals surface area contributed by atoms with E-state index < -0.39 is 52.7 Å². The number of ether oxygens (including phenoxy) is 2. The van der Waals surface area contributed by atoms with Crippen LogP contribution in [0.15, 0.2) is 30.3 Å². The molecule has 4 heterocycles. The average Bonchev–Trinajstić information content (AvgIpc) is 3.21. The van der Waals surface area contributed by atoms with Crippen LogP contribution in [0.5, 0.6) is 0 Å². The first kappa shape index (κ1) is 16.6. The van der Waals surface area contributed by atoms with Crippen LogP contribution in [0, 0.1) is 11.8 Å². The number of rotatable bonds is 2. The van der Waals surface area contributed by atoms with E-state index >= 15 is 0 Å². The maximum absolute atomic E-state index is 13.5. The van der Waals surface area contributed by atoms with Crippen LogP contribution in [0.3, 0.4) is 0 Å². The Bertz CT molecular complexity index is 901. The summed E-state index contributed by atoms with van der Waals surface area (Å²) >= 11 is 0. The van der Waals surface area contributed by atoms with Crippen molar-refractivity contribution in [3.63, 3.8) is 0 Å². The molecule has 0 aromatic heterocycles. The number of fused-ring (bicyclic) bond motifs is 3. The smallest absolute Gasteiger partial charge is 0.266 e. The topological polar surface area (TPSA) is 93.2 Å². The number of carbonyl (C=O) groups is 4. The SMILES string of the molecule is CC(=O)[C@]12O[C@@]3(COC[C@@H](c4ccccc4)N3C1=O)[C@H]1C(=O)N(C)C(=O)[C@H]12. The van der Waals surface area contributed by atoms with Gasteiger partial charge in [-0.2, -0.15) is 0 Å². The lowest BCUT2D eigenvalue weighted by Gasteiger charge is -2.48. The molecule has 1 spiro atoms. The fraction of sp³-hybridized carbons (Fsp3) is 0.474. The number of imide groups is 1. The van der Waals surface area contributed by atoms with E-state index in [1.165, 1.54) is 18.9 Å². The summed E-state index contributed by atoms with van der Waals surface area (Å²) in [7, 11) is 1.38. The molecule has 4 saturated heterocycles. The van der Waals surface area contributed by atoms with Gasteiger partial charge in [-0.05, 0) is 12.5 Å². The zero-order valence-corrected chi connectivity index (χ0v) is 14.9. The van der Waals surface area contributed by atoms with Gasteiger partial charge in [-0.15, -0.1) is 0 Å². The summed E-state index contributed by atoms with van der Waals surface area (Å²) in [5.41, 5.74) is -2.58. The number of nitrogens with zero attached hydrogens (tertiary/aromatic N) is 2. The van der Waals surface area contributed by atoms with Gasteiger partial charge in [0.05, 0.1) is 19.3 Å². The van der Waals surface area contributed by atoms with Crippen LogP contribution in [0.2, 0.25) is 0 Å². The Hall–Kier alpha value is -2.58. The zero-order chi connectivity index (χ0) is 19.1. The number of hydrogen-bond donors (Lipinski definition) is 0. The Kier molecular flexibility index (Phi) is 3.08. The van der Waals surface area contributed by atoms with Gasteiger partial charge in [0.1, 0.15) is 11.8 Å². The van der Waals surface area contributed by atoms with Crippen molar-refractivity contribution in [2.45, 2.75) is 24.3 Å². The highest BCUT2D eigenvalue weighted by molar-refractivity contribution is 6.20. The maximum Gasteiger partial charge on any atom is 0.266 e. The molecule has 0 radical (unpaired) electrons. The summed E-state index contributed by atoms with van der Waals surface area (Å²) in [6, 6.07) is 8.77. The van der Waals surface area contributed by atoms with E-state index in [9.17, 15) is 19.2 Å². The lowest BCUT2D eigenvalue weighted by Crippen LogP contribution is -2.66. The standard InChI is InChI=1S/C19H18N2O6/c1-10(22)19-14-13(15(23)20(2)16(14)24)18(27-19)9-26-8-12(21(18)17(19)25)11-6-4-3-5-7-11/h3-7,12-14H,8-9H2,1-2H3/t12-,13+,14-,18-,19+/m0/s1. The Morgan fingerprint density at radius 3 is 2.44 bits per heavy atom. The number of piperidine rings is 1. The van der Waals surface area contributed by atoms with Crippen molar-refractivity contribution in [1.29, 1.82) is 0 Å². The third kappa shape index (κ3) is 1.66. The second-order valence-electron chi connectivity index (χ2n) is 7.55. The van der Waals surface area contributed by atoms with Gasteiger partial charge in [0, 0.05) is 7.05 Å². The first-order chi connectivity index (χ1) is 12.9. The van der Waals surface area contributed by atoms with Crippen molar-refractivity contribution in [3.8, 4) is 0 Å². The minimum absolute atomic E-state index is 0.0505. The predicted octanol–water partition coefficient (Wildman–Crippen LogP) is -0.115. The van der Waals surface area contributed by atoms with Crippen molar-refractivity contribution in [2.75, 3.05) is 20.3 Å². The normalized spacial score (nSPS) is 39.8. The third-order valence-electron chi connectivity index (χ3n) is 6.34. The summed E-state index contributed by atoms with van der Waals surface area (Å²) in [5, 5.41) is 0. The first-order valence-electron chi connectivity index (χ1n) is 8.85. The molecule has 5 rings (SSSR count). The molecule has 4 aliphatic heterocycles. The van der Waals surface area contributed by atoms with E-state index in [0.29, 0.717) is 0 Å². The molecule has 8 nitrogen and oxygen atoms in total. The van der Waals surface area contributed by atoms with Gasteiger partial charge in [0.15, 0.2) is 11.5 Å². The number of benzene rings is 1. The number of likely N-dealkylation sites (tertiary alicyclic amines) is 1. The van der Waals surface area contributed by atoms with Gasteiger partial charge in [-0.25, -0.2) is 0 Å². The highest BCUT2D eigenvalue weighted by Crippen LogP contribution is 2.62. The fourth-order valence-corrected chi connectivity index (χ4v) is 5.15. The number of carbonyl (C=O) groups excluding carboxylic acids is 4. The highest BCUT2D eigenvalue weighted by Gasteiger charge is 2.85. The summed E-state index contributed by atoms with van der Waals surface area (Å²) < 4.78 is 11.8. The summed E-state index contributed by atoms with van der Waals surface area (Å²) in [6.45, 7) is 1.41.